The first-order valence-electron chi connectivity index (χ1n) is 10.4. The van der Waals surface area contributed by atoms with E-state index in [1.54, 1.807) is 0 Å². The Balaban J connectivity index is 1.60. The lowest BCUT2D eigenvalue weighted by molar-refractivity contribution is 0.924. The van der Waals surface area contributed by atoms with Crippen molar-refractivity contribution >= 4 is 57.3 Å². The van der Waals surface area contributed by atoms with Gasteiger partial charge in [-0.15, -0.1) is 0 Å². The SMILES string of the molecule is Cc1cccc(Nc2nc(Nc3cccc(C)c3)nc(SC(=S)Nc3ccccc3C)n2)c1. The number of benzene rings is 3. The molecular formula is C25H24N6S2. The van der Waals surface area contributed by atoms with Crippen molar-refractivity contribution in [2.24, 2.45) is 0 Å². The molecule has 0 saturated carbocycles. The van der Waals surface area contributed by atoms with Crippen molar-refractivity contribution < 1.29 is 0 Å². The molecule has 8 heteroatoms. The first-order chi connectivity index (χ1) is 15.9. The summed E-state index contributed by atoms with van der Waals surface area (Å²) in [7, 11) is 0. The fraction of sp³-hybridized carbons (Fsp3) is 0.120. The van der Waals surface area contributed by atoms with E-state index in [1.807, 2.05) is 93.6 Å². The van der Waals surface area contributed by atoms with E-state index in [1.165, 1.54) is 11.8 Å². The molecule has 6 nitrogen and oxygen atoms in total. The van der Waals surface area contributed by atoms with Gasteiger partial charge in [-0.1, -0.05) is 54.7 Å². The minimum Gasteiger partial charge on any atom is -0.341 e. The van der Waals surface area contributed by atoms with Gasteiger partial charge in [0.15, 0.2) is 0 Å². The van der Waals surface area contributed by atoms with Gasteiger partial charge in [-0.3, -0.25) is 0 Å². The summed E-state index contributed by atoms with van der Waals surface area (Å²) in [6, 6.07) is 24.1. The lowest BCUT2D eigenvalue weighted by Gasteiger charge is -2.12. The van der Waals surface area contributed by atoms with Crippen molar-refractivity contribution in [3.63, 3.8) is 0 Å². The van der Waals surface area contributed by atoms with E-state index in [0.717, 1.165) is 33.8 Å². The summed E-state index contributed by atoms with van der Waals surface area (Å²) in [5, 5.41) is 10.3. The first-order valence-corrected chi connectivity index (χ1v) is 11.6. The molecule has 0 aliphatic carbocycles. The van der Waals surface area contributed by atoms with Crippen molar-refractivity contribution in [3.8, 4) is 0 Å². The second kappa shape index (κ2) is 10.4. The maximum atomic E-state index is 5.57. The number of anilines is 5. The zero-order valence-electron chi connectivity index (χ0n) is 18.6. The average Bonchev–Trinajstić information content (AvgIpc) is 2.75. The Morgan fingerprint density at radius 2 is 1.30 bits per heavy atom. The zero-order chi connectivity index (χ0) is 23.2. The molecule has 0 aliphatic rings. The summed E-state index contributed by atoms with van der Waals surface area (Å²) in [5.41, 5.74) is 6.16. The molecule has 4 rings (SSSR count). The zero-order valence-corrected chi connectivity index (χ0v) is 20.2. The molecule has 1 aromatic heterocycles. The highest BCUT2D eigenvalue weighted by Gasteiger charge is 2.12. The van der Waals surface area contributed by atoms with Crippen LogP contribution in [0.2, 0.25) is 0 Å². The predicted molar refractivity (Wildman–Crippen MR) is 142 cm³/mol. The van der Waals surface area contributed by atoms with Crippen LogP contribution in [0.3, 0.4) is 0 Å². The van der Waals surface area contributed by atoms with Gasteiger partial charge < -0.3 is 16.0 Å². The van der Waals surface area contributed by atoms with Crippen molar-refractivity contribution in [3.05, 3.63) is 89.5 Å². The highest BCUT2D eigenvalue weighted by Crippen LogP contribution is 2.24. The third kappa shape index (κ3) is 6.50. The second-order valence-corrected chi connectivity index (χ2v) is 9.23. The van der Waals surface area contributed by atoms with Gasteiger partial charge in [0.25, 0.3) is 0 Å². The van der Waals surface area contributed by atoms with Crippen molar-refractivity contribution in [1.82, 2.24) is 15.0 Å². The molecule has 33 heavy (non-hydrogen) atoms. The molecule has 0 bridgehead atoms. The van der Waals surface area contributed by atoms with E-state index < -0.39 is 0 Å². The minimum atomic E-state index is 0.437. The number of thioether (sulfide) groups is 1. The molecule has 3 N–H and O–H groups in total. The first kappa shape index (κ1) is 22.7. The molecule has 0 aliphatic heterocycles. The highest BCUT2D eigenvalue weighted by molar-refractivity contribution is 8.23. The van der Waals surface area contributed by atoms with Crippen LogP contribution in [0.1, 0.15) is 16.7 Å². The number of para-hydroxylation sites is 1. The van der Waals surface area contributed by atoms with Gasteiger partial charge in [0.1, 0.15) is 4.32 Å². The van der Waals surface area contributed by atoms with E-state index in [4.69, 9.17) is 12.2 Å². The van der Waals surface area contributed by atoms with E-state index in [9.17, 15) is 0 Å². The smallest absolute Gasteiger partial charge is 0.233 e. The van der Waals surface area contributed by atoms with Crippen LogP contribution in [0.5, 0.6) is 0 Å². The number of hydrogen-bond acceptors (Lipinski definition) is 7. The Bertz CT molecular complexity index is 1230. The predicted octanol–water partition coefficient (Wildman–Crippen LogP) is 6.77. The van der Waals surface area contributed by atoms with Gasteiger partial charge in [0.05, 0.1) is 0 Å². The van der Waals surface area contributed by atoms with Gasteiger partial charge >= 0.3 is 0 Å². The van der Waals surface area contributed by atoms with E-state index in [-0.39, 0.29) is 0 Å². The molecule has 3 aromatic carbocycles. The standard InChI is InChI=1S/C25H24N6S2/c1-16-8-6-11-19(14-16)26-22-29-23(27-20-12-7-9-17(2)15-20)31-24(30-22)33-25(32)28-21-13-5-4-10-18(21)3/h4-15H,1-3H3,(H,28,32)(H2,26,27,29,30,31). The Morgan fingerprint density at radius 3 is 1.85 bits per heavy atom. The average molecular weight is 473 g/mol. The van der Waals surface area contributed by atoms with Crippen LogP contribution >= 0.6 is 24.0 Å². The fourth-order valence-electron chi connectivity index (χ4n) is 3.15. The largest absolute Gasteiger partial charge is 0.341 e. The van der Waals surface area contributed by atoms with E-state index in [0.29, 0.717) is 21.4 Å². The Morgan fingerprint density at radius 1 is 0.727 bits per heavy atom. The van der Waals surface area contributed by atoms with Crippen LogP contribution in [-0.2, 0) is 0 Å². The number of nitrogens with one attached hydrogen (secondary N) is 3. The molecule has 0 radical (unpaired) electrons. The summed E-state index contributed by atoms with van der Waals surface area (Å²) in [5.74, 6) is 0.874. The third-order valence-electron chi connectivity index (χ3n) is 4.73. The number of aryl methyl sites for hydroxylation is 3. The summed E-state index contributed by atoms with van der Waals surface area (Å²) < 4.78 is 0.554. The number of aromatic nitrogens is 3. The Kier molecular flexibility index (Phi) is 7.16. The lowest BCUT2D eigenvalue weighted by atomic mass is 10.2. The van der Waals surface area contributed by atoms with Gasteiger partial charge in [0, 0.05) is 17.1 Å². The van der Waals surface area contributed by atoms with Crippen molar-refractivity contribution in [2.75, 3.05) is 16.0 Å². The van der Waals surface area contributed by atoms with Crippen LogP contribution in [0, 0.1) is 20.8 Å². The number of thiocarbonyl (C=S) groups is 1. The van der Waals surface area contributed by atoms with Gasteiger partial charge in [0.2, 0.25) is 17.1 Å². The van der Waals surface area contributed by atoms with Crippen LogP contribution in [0.4, 0.5) is 29.0 Å². The minimum absolute atomic E-state index is 0.437. The quantitative estimate of drug-likeness (QED) is 0.210. The molecular weight excluding hydrogens is 448 g/mol. The van der Waals surface area contributed by atoms with Gasteiger partial charge in [-0.25, -0.2) is 0 Å². The molecule has 0 spiro atoms. The van der Waals surface area contributed by atoms with Gasteiger partial charge in [-0.05, 0) is 79.6 Å². The van der Waals surface area contributed by atoms with Crippen LogP contribution < -0.4 is 16.0 Å². The third-order valence-corrected chi connectivity index (χ3v) is 5.73. The van der Waals surface area contributed by atoms with E-state index in [2.05, 4.69) is 30.9 Å². The van der Waals surface area contributed by atoms with Crippen LogP contribution in [-0.4, -0.2) is 19.3 Å². The summed E-state index contributed by atoms with van der Waals surface area (Å²) >= 11 is 6.85. The molecule has 1 heterocycles. The highest BCUT2D eigenvalue weighted by atomic mass is 32.2. The lowest BCUT2D eigenvalue weighted by Crippen LogP contribution is -2.09. The Hall–Kier alpha value is -3.49. The second-order valence-electron chi connectivity index (χ2n) is 7.58. The van der Waals surface area contributed by atoms with Crippen molar-refractivity contribution in [2.45, 2.75) is 25.9 Å². The molecule has 0 unspecified atom stereocenters. The molecule has 0 saturated heterocycles. The number of nitrogens with zero attached hydrogens (tertiary/aromatic N) is 3. The molecule has 0 atom stereocenters. The van der Waals surface area contributed by atoms with Gasteiger partial charge in [-0.2, -0.15) is 15.0 Å². The fourth-order valence-corrected chi connectivity index (χ4v) is 4.07. The van der Waals surface area contributed by atoms with E-state index >= 15 is 0 Å². The number of hydrogen-bond donors (Lipinski definition) is 3. The van der Waals surface area contributed by atoms with Crippen molar-refractivity contribution in [1.29, 1.82) is 0 Å². The molecule has 0 amide bonds. The monoisotopic (exact) mass is 472 g/mol. The summed E-state index contributed by atoms with van der Waals surface area (Å²) in [4.78, 5) is 13.7. The molecule has 4 aromatic rings. The molecule has 166 valence electrons. The summed E-state index contributed by atoms with van der Waals surface area (Å²) in [6.07, 6.45) is 0. The van der Waals surface area contributed by atoms with Crippen LogP contribution in [0.15, 0.2) is 78.0 Å². The maximum Gasteiger partial charge on any atom is 0.233 e. The molecule has 0 fully saturated rings. The maximum absolute atomic E-state index is 5.57. The number of rotatable bonds is 6. The summed E-state index contributed by atoms with van der Waals surface area (Å²) in [6.45, 7) is 6.12. The Labute approximate surface area is 203 Å². The van der Waals surface area contributed by atoms with Crippen LogP contribution in [0.25, 0.3) is 0 Å². The topological polar surface area (TPSA) is 74.8 Å². The normalized spacial score (nSPS) is 10.5.